The molecule has 0 unspecified atom stereocenters. The van der Waals surface area contributed by atoms with Crippen molar-refractivity contribution in [2.75, 3.05) is 19.6 Å². The monoisotopic (exact) mass is 253 g/mol. The van der Waals surface area contributed by atoms with E-state index in [1.165, 1.54) is 6.07 Å². The maximum Gasteiger partial charge on any atom is 0.359 e. The Balaban J connectivity index is 2.36. The van der Waals surface area contributed by atoms with Gasteiger partial charge >= 0.3 is 5.97 Å². The smallest absolute Gasteiger partial charge is 0.359 e. The topological polar surface area (TPSA) is 63.3 Å². The highest BCUT2D eigenvalue weighted by Gasteiger charge is 2.38. The molecule has 4 nitrogen and oxygen atoms in total. The maximum atomic E-state index is 13.9. The molecule has 1 aliphatic rings. The van der Waals surface area contributed by atoms with Gasteiger partial charge in [0.2, 0.25) is 0 Å². The predicted molar refractivity (Wildman–Crippen MR) is 67.6 cm³/mol. The quantitative estimate of drug-likeness (QED) is 0.799. The summed E-state index contributed by atoms with van der Waals surface area (Å²) in [6.45, 7) is 1.07. The van der Waals surface area contributed by atoms with Gasteiger partial charge in [0.05, 0.1) is 13.1 Å². The summed E-state index contributed by atoms with van der Waals surface area (Å²) < 4.78 is 14.1. The van der Waals surface area contributed by atoms with E-state index >= 15 is 0 Å². The molecular weight excluding hydrogens is 235 g/mol. The van der Waals surface area contributed by atoms with E-state index in [2.05, 4.69) is 0 Å². The molecule has 1 fully saturated rings. The third-order valence-electron chi connectivity index (χ3n) is 3.66. The molecule has 1 aliphatic heterocycles. The minimum atomic E-state index is -0.909. The van der Waals surface area contributed by atoms with Crippen molar-refractivity contribution >= 4 is 11.7 Å². The molecule has 0 bridgehead atoms. The largest absolute Gasteiger partial charge is 0.477 e. The molecule has 0 saturated carbocycles. The number of para-hydroxylation sites is 1. The molecule has 0 aromatic heterocycles. The predicted octanol–water partition coefficient (Wildman–Crippen LogP) is 1.34. The van der Waals surface area contributed by atoms with Crippen molar-refractivity contribution in [3.63, 3.8) is 0 Å². The Morgan fingerprint density at radius 3 is 2.56 bits per heavy atom. The second-order valence-electron chi connectivity index (χ2n) is 4.93. The Labute approximate surface area is 105 Å². The molecule has 2 rings (SSSR count). The summed E-state index contributed by atoms with van der Waals surface area (Å²) in [6.07, 6.45) is 1.45. The van der Waals surface area contributed by atoms with Gasteiger partial charge in [0, 0.05) is 24.9 Å². The van der Waals surface area contributed by atoms with Gasteiger partial charge < -0.3 is 10.8 Å². The van der Waals surface area contributed by atoms with Crippen molar-refractivity contribution in [1.82, 2.24) is 4.48 Å². The maximum absolute atomic E-state index is 13.9. The average Bonchev–Trinajstić information content (AvgIpc) is 2.32. The van der Waals surface area contributed by atoms with E-state index in [9.17, 15) is 9.18 Å². The molecule has 0 aliphatic carbocycles. The van der Waals surface area contributed by atoms with E-state index < -0.39 is 5.97 Å². The van der Waals surface area contributed by atoms with Crippen LogP contribution in [0.2, 0.25) is 0 Å². The van der Waals surface area contributed by atoms with Crippen molar-refractivity contribution in [1.29, 1.82) is 0 Å². The lowest BCUT2D eigenvalue weighted by molar-refractivity contribution is -0.138. The van der Waals surface area contributed by atoms with Gasteiger partial charge in [-0.15, -0.1) is 0 Å². The van der Waals surface area contributed by atoms with Gasteiger partial charge in [-0.25, -0.2) is 9.18 Å². The first-order valence-electron chi connectivity index (χ1n) is 6.12. The van der Waals surface area contributed by atoms with Crippen LogP contribution in [0.25, 0.3) is 0 Å². The standard InChI is InChI=1S/C13H17FN2O2/c14-11-3-1-2-4-12(11)16(9-13(17)18)7-5-10(15)6-8-16/h1-4,10H,5-9,15H2/p+1. The highest BCUT2D eigenvalue weighted by atomic mass is 19.1. The third-order valence-corrected chi connectivity index (χ3v) is 3.66. The fourth-order valence-corrected chi connectivity index (χ4v) is 2.66. The Hall–Kier alpha value is -1.46. The van der Waals surface area contributed by atoms with E-state index in [0.717, 1.165) is 12.8 Å². The number of piperidine rings is 1. The summed E-state index contributed by atoms with van der Waals surface area (Å²) in [5.74, 6) is -1.25. The van der Waals surface area contributed by atoms with Gasteiger partial charge in [-0.05, 0) is 6.07 Å². The fraction of sp³-hybridized carbons (Fsp3) is 0.462. The van der Waals surface area contributed by atoms with E-state index in [4.69, 9.17) is 10.8 Å². The molecular formula is C13H18FN2O2+. The Morgan fingerprint density at radius 1 is 1.39 bits per heavy atom. The number of carbonyl (C=O) groups is 1. The van der Waals surface area contributed by atoms with Crippen LogP contribution in [0.3, 0.4) is 0 Å². The normalized spacial score (nSPS) is 28.0. The lowest BCUT2D eigenvalue weighted by atomic mass is 10.0. The van der Waals surface area contributed by atoms with Crippen LogP contribution in [-0.2, 0) is 4.79 Å². The van der Waals surface area contributed by atoms with Crippen LogP contribution in [-0.4, -0.2) is 36.8 Å². The number of nitrogens with two attached hydrogens (primary N) is 1. The average molecular weight is 253 g/mol. The molecule has 1 heterocycles. The highest BCUT2D eigenvalue weighted by molar-refractivity contribution is 5.72. The van der Waals surface area contributed by atoms with Crippen LogP contribution < -0.4 is 10.2 Å². The molecule has 98 valence electrons. The van der Waals surface area contributed by atoms with Crippen molar-refractivity contribution < 1.29 is 14.3 Å². The molecule has 0 radical (unpaired) electrons. The van der Waals surface area contributed by atoms with Crippen molar-refractivity contribution in [2.24, 2.45) is 5.73 Å². The summed E-state index contributed by atoms with van der Waals surface area (Å²) in [7, 11) is 0. The van der Waals surface area contributed by atoms with E-state index in [1.807, 2.05) is 0 Å². The second-order valence-corrected chi connectivity index (χ2v) is 4.93. The number of carboxylic acid groups (broad SMARTS) is 1. The lowest BCUT2D eigenvalue weighted by Gasteiger charge is -2.41. The number of nitrogens with zero attached hydrogens (tertiary/aromatic N) is 1. The summed E-state index contributed by atoms with van der Waals surface area (Å²) in [5, 5.41) is 9.08. The minimum absolute atomic E-state index is 0.0896. The van der Waals surface area contributed by atoms with E-state index in [1.54, 1.807) is 18.2 Å². The second kappa shape index (κ2) is 5.04. The SMILES string of the molecule is NC1CC[N+](CC(=O)O)(c2ccccc2F)CC1. The number of carboxylic acids is 1. The van der Waals surface area contributed by atoms with Crippen LogP contribution in [0.4, 0.5) is 10.1 Å². The Bertz CT molecular complexity index is 442. The van der Waals surface area contributed by atoms with E-state index in [-0.39, 0.29) is 22.9 Å². The van der Waals surface area contributed by atoms with Gasteiger partial charge in [0.15, 0.2) is 18.0 Å². The van der Waals surface area contributed by atoms with E-state index in [0.29, 0.717) is 18.8 Å². The van der Waals surface area contributed by atoms with Crippen LogP contribution in [0.15, 0.2) is 24.3 Å². The first-order valence-corrected chi connectivity index (χ1v) is 6.12. The molecule has 0 atom stereocenters. The van der Waals surface area contributed by atoms with Crippen molar-refractivity contribution in [2.45, 2.75) is 18.9 Å². The zero-order valence-corrected chi connectivity index (χ0v) is 10.2. The molecule has 1 aromatic carbocycles. The highest BCUT2D eigenvalue weighted by Crippen LogP contribution is 2.30. The van der Waals surface area contributed by atoms with Gasteiger partial charge in [0.25, 0.3) is 0 Å². The molecule has 3 N–H and O–H groups in total. The number of rotatable bonds is 3. The van der Waals surface area contributed by atoms with Crippen LogP contribution in [0.1, 0.15) is 12.8 Å². The van der Waals surface area contributed by atoms with Crippen LogP contribution in [0, 0.1) is 5.82 Å². The number of hydrogen-bond acceptors (Lipinski definition) is 2. The Kier molecular flexibility index (Phi) is 3.63. The number of benzene rings is 1. The lowest BCUT2D eigenvalue weighted by Crippen LogP contribution is -2.59. The Morgan fingerprint density at radius 2 is 2.00 bits per heavy atom. The van der Waals surface area contributed by atoms with Crippen LogP contribution >= 0.6 is 0 Å². The number of halogens is 1. The molecule has 1 saturated heterocycles. The molecule has 5 heteroatoms. The van der Waals surface area contributed by atoms with Gasteiger partial charge in [-0.2, -0.15) is 0 Å². The third kappa shape index (κ3) is 2.52. The molecule has 1 aromatic rings. The van der Waals surface area contributed by atoms with Crippen molar-refractivity contribution in [3.05, 3.63) is 30.1 Å². The summed E-state index contributed by atoms with van der Waals surface area (Å²) in [6, 6.07) is 6.51. The number of likely N-dealkylation sites (tertiary alicyclic amines) is 1. The zero-order valence-electron chi connectivity index (χ0n) is 10.2. The molecule has 18 heavy (non-hydrogen) atoms. The van der Waals surface area contributed by atoms with Gasteiger partial charge in [-0.1, -0.05) is 12.1 Å². The first-order chi connectivity index (χ1) is 8.53. The number of hydrogen-bond donors (Lipinski definition) is 2. The summed E-state index contributed by atoms with van der Waals surface area (Å²) >= 11 is 0. The van der Waals surface area contributed by atoms with Gasteiger partial charge in [-0.3, -0.25) is 4.48 Å². The zero-order chi connectivity index (χ0) is 13.2. The van der Waals surface area contributed by atoms with Gasteiger partial charge in [0.1, 0.15) is 0 Å². The molecule has 0 spiro atoms. The fourth-order valence-electron chi connectivity index (χ4n) is 2.66. The number of aliphatic carboxylic acids is 1. The molecule has 0 amide bonds. The summed E-state index contributed by atoms with van der Waals surface area (Å²) in [5.41, 5.74) is 6.32. The van der Waals surface area contributed by atoms with Crippen molar-refractivity contribution in [3.8, 4) is 0 Å². The van der Waals surface area contributed by atoms with Crippen LogP contribution in [0.5, 0.6) is 0 Å². The summed E-state index contributed by atoms with van der Waals surface area (Å²) in [4.78, 5) is 11.1. The number of quaternary nitrogens is 1. The minimum Gasteiger partial charge on any atom is -0.477 e. The first kappa shape index (κ1) is 13.0.